The smallest absolute Gasteiger partial charge is 0.253 e. The molecule has 1 amide bonds. The van der Waals surface area contributed by atoms with Crippen LogP contribution in [-0.2, 0) is 4.43 Å². The molecule has 0 spiro atoms. The van der Waals surface area contributed by atoms with Gasteiger partial charge in [-0.25, -0.2) is 0 Å². The average molecular weight is 367 g/mol. The molecule has 0 aliphatic heterocycles. The molecule has 3 nitrogen and oxygen atoms in total. The van der Waals surface area contributed by atoms with Crippen molar-refractivity contribution in [1.29, 1.82) is 0 Å². The van der Waals surface area contributed by atoms with Gasteiger partial charge in [0.2, 0.25) is 0 Å². The molecular formula is C12H16ClIN2O. The van der Waals surface area contributed by atoms with Gasteiger partial charge in [-0.3, -0.25) is 4.79 Å². The zero-order valence-electron chi connectivity index (χ0n) is 10.1. The normalized spacial score (nSPS) is 11.4. The van der Waals surface area contributed by atoms with E-state index in [2.05, 4.69) is 27.9 Å². The molecule has 0 aliphatic carbocycles. The maximum Gasteiger partial charge on any atom is 0.253 e. The topological polar surface area (TPSA) is 55.1 Å². The van der Waals surface area contributed by atoms with Crippen LogP contribution in [0.4, 0.5) is 5.69 Å². The molecule has 0 saturated carbocycles. The van der Waals surface area contributed by atoms with Crippen LogP contribution in [0.2, 0.25) is 5.02 Å². The highest BCUT2D eigenvalue weighted by Crippen LogP contribution is 2.26. The molecule has 0 fully saturated rings. The standard InChI is InChI=1S/C12H16ClIN2O/c1-12(2,3)16-11(17)8-4-7(6-14)5-9(13)10(8)15/h4-5H,6,15H2,1-3H3,(H,16,17). The third-order valence-electron chi connectivity index (χ3n) is 2.08. The summed E-state index contributed by atoms with van der Waals surface area (Å²) < 4.78 is 0.785. The Labute approximate surface area is 120 Å². The van der Waals surface area contributed by atoms with Crippen LogP contribution in [0.3, 0.4) is 0 Å². The van der Waals surface area contributed by atoms with E-state index < -0.39 is 0 Å². The van der Waals surface area contributed by atoms with Crippen LogP contribution < -0.4 is 11.1 Å². The minimum atomic E-state index is -0.295. The number of anilines is 1. The van der Waals surface area contributed by atoms with E-state index in [1.54, 1.807) is 12.1 Å². The maximum atomic E-state index is 12.0. The summed E-state index contributed by atoms with van der Waals surface area (Å²) in [5.41, 5.74) is 7.30. The first-order chi connectivity index (χ1) is 7.74. The molecule has 94 valence electrons. The second kappa shape index (κ2) is 5.44. The van der Waals surface area contributed by atoms with E-state index in [4.69, 9.17) is 17.3 Å². The van der Waals surface area contributed by atoms with E-state index in [1.165, 1.54) is 0 Å². The van der Waals surface area contributed by atoms with Crippen molar-refractivity contribution in [3.63, 3.8) is 0 Å². The number of halogens is 2. The van der Waals surface area contributed by atoms with Gasteiger partial charge in [-0.05, 0) is 38.5 Å². The highest BCUT2D eigenvalue weighted by Gasteiger charge is 2.19. The van der Waals surface area contributed by atoms with Gasteiger partial charge in [0, 0.05) is 9.97 Å². The van der Waals surface area contributed by atoms with Crippen molar-refractivity contribution >= 4 is 45.8 Å². The molecule has 0 bridgehead atoms. The Hall–Kier alpha value is -0.490. The number of nitrogen functional groups attached to an aromatic ring is 1. The molecule has 0 saturated heterocycles. The summed E-state index contributed by atoms with van der Waals surface area (Å²) >= 11 is 8.22. The molecule has 0 radical (unpaired) electrons. The molecule has 1 rings (SSSR count). The van der Waals surface area contributed by atoms with Gasteiger partial charge in [0.1, 0.15) is 0 Å². The summed E-state index contributed by atoms with van der Waals surface area (Å²) in [7, 11) is 0. The van der Waals surface area contributed by atoms with E-state index in [-0.39, 0.29) is 11.4 Å². The van der Waals surface area contributed by atoms with Gasteiger partial charge < -0.3 is 11.1 Å². The zero-order chi connectivity index (χ0) is 13.2. The van der Waals surface area contributed by atoms with E-state index in [0.29, 0.717) is 16.3 Å². The summed E-state index contributed by atoms with van der Waals surface area (Å²) in [6, 6.07) is 3.58. The summed E-state index contributed by atoms with van der Waals surface area (Å²) in [4.78, 5) is 12.0. The van der Waals surface area contributed by atoms with E-state index in [0.717, 1.165) is 9.99 Å². The highest BCUT2D eigenvalue weighted by atomic mass is 127. The molecule has 0 aromatic heterocycles. The molecular weight excluding hydrogens is 351 g/mol. The van der Waals surface area contributed by atoms with E-state index >= 15 is 0 Å². The Kier molecular flexibility index (Phi) is 4.66. The van der Waals surface area contributed by atoms with Gasteiger partial charge in [-0.2, -0.15) is 0 Å². The van der Waals surface area contributed by atoms with Crippen LogP contribution in [0.1, 0.15) is 36.7 Å². The van der Waals surface area contributed by atoms with Crippen LogP contribution in [0.5, 0.6) is 0 Å². The van der Waals surface area contributed by atoms with E-state index in [1.807, 2.05) is 20.8 Å². The lowest BCUT2D eigenvalue weighted by Gasteiger charge is -2.21. The van der Waals surface area contributed by atoms with Crippen molar-refractivity contribution in [3.05, 3.63) is 28.3 Å². The number of nitrogens with one attached hydrogen (secondary N) is 1. The van der Waals surface area contributed by atoms with Crippen molar-refractivity contribution in [2.24, 2.45) is 0 Å². The summed E-state index contributed by atoms with van der Waals surface area (Å²) in [6.45, 7) is 5.76. The van der Waals surface area contributed by atoms with Crippen LogP contribution in [0.15, 0.2) is 12.1 Å². The zero-order valence-corrected chi connectivity index (χ0v) is 13.0. The SMILES string of the molecule is CC(C)(C)NC(=O)c1cc(CI)cc(Cl)c1N. The largest absolute Gasteiger partial charge is 0.397 e. The number of carbonyl (C=O) groups is 1. The first-order valence-electron chi connectivity index (χ1n) is 5.21. The van der Waals surface area contributed by atoms with Gasteiger partial charge in [0.15, 0.2) is 0 Å². The Balaban J connectivity index is 3.13. The Bertz CT molecular complexity index is 441. The molecule has 0 heterocycles. The van der Waals surface area contributed by atoms with Gasteiger partial charge in [0.05, 0.1) is 16.3 Å². The fourth-order valence-corrected chi connectivity index (χ4v) is 2.03. The number of carbonyl (C=O) groups excluding carboxylic acids is 1. The number of amides is 1. The van der Waals surface area contributed by atoms with Crippen LogP contribution >= 0.6 is 34.2 Å². The number of rotatable bonds is 2. The van der Waals surface area contributed by atoms with Gasteiger partial charge in [0.25, 0.3) is 5.91 Å². The molecule has 1 aromatic rings. The molecule has 0 aliphatic rings. The molecule has 5 heteroatoms. The van der Waals surface area contributed by atoms with Crippen LogP contribution in [0, 0.1) is 0 Å². The van der Waals surface area contributed by atoms with Gasteiger partial charge in [-0.15, -0.1) is 0 Å². The Morgan fingerprint density at radius 3 is 2.53 bits per heavy atom. The van der Waals surface area contributed by atoms with Crippen LogP contribution in [0.25, 0.3) is 0 Å². The third-order valence-corrected chi connectivity index (χ3v) is 3.27. The number of benzene rings is 1. The molecule has 1 aromatic carbocycles. The quantitative estimate of drug-likeness (QED) is 0.479. The van der Waals surface area contributed by atoms with Gasteiger partial charge >= 0.3 is 0 Å². The summed E-state index contributed by atoms with van der Waals surface area (Å²) in [6.07, 6.45) is 0. The number of hydrogen-bond donors (Lipinski definition) is 2. The van der Waals surface area contributed by atoms with Crippen molar-refractivity contribution in [2.45, 2.75) is 30.7 Å². The fourth-order valence-electron chi connectivity index (χ4n) is 1.35. The monoisotopic (exact) mass is 366 g/mol. The lowest BCUT2D eigenvalue weighted by Crippen LogP contribution is -2.40. The first-order valence-corrected chi connectivity index (χ1v) is 7.11. The molecule has 3 N–H and O–H groups in total. The maximum absolute atomic E-state index is 12.0. The predicted octanol–water partition coefficient (Wildman–Crippen LogP) is 3.39. The fraction of sp³-hybridized carbons (Fsp3) is 0.417. The predicted molar refractivity (Wildman–Crippen MR) is 80.8 cm³/mol. The van der Waals surface area contributed by atoms with Crippen molar-refractivity contribution in [2.75, 3.05) is 5.73 Å². The molecule has 0 unspecified atom stereocenters. The number of alkyl halides is 1. The second-order valence-electron chi connectivity index (χ2n) is 4.88. The number of nitrogens with two attached hydrogens (primary N) is 1. The Morgan fingerprint density at radius 1 is 1.47 bits per heavy atom. The third kappa shape index (κ3) is 4.03. The summed E-state index contributed by atoms with van der Waals surface area (Å²) in [5.74, 6) is -0.191. The number of hydrogen-bond acceptors (Lipinski definition) is 2. The van der Waals surface area contributed by atoms with E-state index in [9.17, 15) is 4.79 Å². The average Bonchev–Trinajstić information content (AvgIpc) is 2.19. The summed E-state index contributed by atoms with van der Waals surface area (Å²) in [5, 5.41) is 3.30. The van der Waals surface area contributed by atoms with Crippen molar-refractivity contribution in [3.8, 4) is 0 Å². The molecule has 0 atom stereocenters. The lowest BCUT2D eigenvalue weighted by molar-refractivity contribution is 0.0920. The minimum Gasteiger partial charge on any atom is -0.397 e. The Morgan fingerprint density at radius 2 is 2.06 bits per heavy atom. The van der Waals surface area contributed by atoms with Crippen molar-refractivity contribution in [1.82, 2.24) is 5.32 Å². The minimum absolute atomic E-state index is 0.191. The molecule has 17 heavy (non-hydrogen) atoms. The second-order valence-corrected chi connectivity index (χ2v) is 6.05. The van der Waals surface area contributed by atoms with Crippen LogP contribution in [-0.4, -0.2) is 11.4 Å². The first kappa shape index (κ1) is 14.6. The lowest BCUT2D eigenvalue weighted by atomic mass is 10.1. The highest BCUT2D eigenvalue weighted by molar-refractivity contribution is 14.1. The van der Waals surface area contributed by atoms with Gasteiger partial charge in [-0.1, -0.05) is 34.2 Å². The van der Waals surface area contributed by atoms with Crippen molar-refractivity contribution < 1.29 is 4.79 Å².